The summed E-state index contributed by atoms with van der Waals surface area (Å²) in [6.07, 6.45) is 2.03. The molecule has 0 spiro atoms. The zero-order chi connectivity index (χ0) is 14.8. The zero-order valence-corrected chi connectivity index (χ0v) is 11.3. The third-order valence-corrected chi connectivity index (χ3v) is 3.42. The first kappa shape index (κ1) is 13.9. The molecule has 0 bridgehead atoms. The van der Waals surface area contributed by atoms with Gasteiger partial charge < -0.3 is 14.4 Å². The van der Waals surface area contributed by atoms with Crippen LogP contribution < -0.4 is 9.47 Å². The molecule has 1 fully saturated rings. The molecule has 2 aliphatic rings. The minimum absolute atomic E-state index is 0.0343. The van der Waals surface area contributed by atoms with Gasteiger partial charge >= 0.3 is 0 Å². The van der Waals surface area contributed by atoms with E-state index in [4.69, 9.17) is 9.47 Å². The van der Waals surface area contributed by atoms with E-state index in [1.54, 1.807) is 24.3 Å². The number of halogens is 2. The summed E-state index contributed by atoms with van der Waals surface area (Å²) in [7, 11) is 0. The molecule has 21 heavy (non-hydrogen) atoms. The van der Waals surface area contributed by atoms with Crippen molar-refractivity contribution < 1.29 is 23.0 Å². The summed E-state index contributed by atoms with van der Waals surface area (Å²) in [6, 6.07) is 5.25. The van der Waals surface area contributed by atoms with Gasteiger partial charge in [0, 0.05) is 12.1 Å². The largest absolute Gasteiger partial charge is 0.454 e. The second-order valence-electron chi connectivity index (χ2n) is 5.06. The molecule has 0 unspecified atom stereocenters. The van der Waals surface area contributed by atoms with E-state index in [1.165, 1.54) is 11.0 Å². The van der Waals surface area contributed by atoms with Gasteiger partial charge in [0.15, 0.2) is 11.5 Å². The summed E-state index contributed by atoms with van der Waals surface area (Å²) in [5.41, 5.74) is 0.764. The van der Waals surface area contributed by atoms with Crippen LogP contribution in [0.3, 0.4) is 0 Å². The van der Waals surface area contributed by atoms with E-state index in [0.717, 1.165) is 18.4 Å². The number of amides is 1. The number of carbonyl (C=O) groups is 1. The summed E-state index contributed by atoms with van der Waals surface area (Å²) in [5, 5.41) is 0. The number of rotatable bonds is 5. The molecule has 1 aliphatic carbocycles. The number of alkyl halides is 2. The standard InChI is InChI=1S/C15H15F2NO3/c16-14(17)8-18(11-3-4-11)15(19)6-2-10-1-5-12-13(7-10)21-9-20-12/h1-2,5-7,11,14H,3-4,8-9H2/b6-2-. The van der Waals surface area contributed by atoms with Crippen LogP contribution in [-0.2, 0) is 4.79 Å². The third-order valence-electron chi connectivity index (χ3n) is 3.42. The molecule has 1 aromatic rings. The predicted octanol–water partition coefficient (Wildman–Crippen LogP) is 2.68. The van der Waals surface area contributed by atoms with Gasteiger partial charge in [-0.05, 0) is 36.6 Å². The van der Waals surface area contributed by atoms with Crippen LogP contribution in [-0.4, -0.2) is 36.6 Å². The Kier molecular flexibility index (Phi) is 3.77. The predicted molar refractivity (Wildman–Crippen MR) is 72.3 cm³/mol. The quantitative estimate of drug-likeness (QED) is 0.784. The van der Waals surface area contributed by atoms with Crippen LogP contribution in [0, 0.1) is 0 Å². The third kappa shape index (κ3) is 3.32. The molecular formula is C15H15F2NO3. The van der Waals surface area contributed by atoms with E-state index >= 15 is 0 Å². The SMILES string of the molecule is O=C(/C=C\c1ccc2c(c1)OCO2)N(CC(F)F)C1CC1. The number of ether oxygens (including phenoxy) is 2. The lowest BCUT2D eigenvalue weighted by Gasteiger charge is -2.20. The number of benzene rings is 1. The Balaban J connectivity index is 1.68. The Bertz CT molecular complexity index is 570. The summed E-state index contributed by atoms with van der Waals surface area (Å²) in [4.78, 5) is 13.3. The Morgan fingerprint density at radius 1 is 1.33 bits per heavy atom. The highest BCUT2D eigenvalue weighted by atomic mass is 19.3. The summed E-state index contributed by atoms with van der Waals surface area (Å²) in [6.45, 7) is -0.319. The molecule has 1 aliphatic heterocycles. The fraction of sp³-hybridized carbons (Fsp3) is 0.400. The molecule has 112 valence electrons. The molecule has 0 saturated heterocycles. The van der Waals surface area contributed by atoms with Crippen molar-refractivity contribution >= 4 is 12.0 Å². The van der Waals surface area contributed by atoms with E-state index in [-0.39, 0.29) is 18.7 Å². The van der Waals surface area contributed by atoms with E-state index in [1.807, 2.05) is 0 Å². The van der Waals surface area contributed by atoms with Crippen LogP contribution in [0.2, 0.25) is 0 Å². The molecule has 6 heteroatoms. The van der Waals surface area contributed by atoms with E-state index in [9.17, 15) is 13.6 Å². The van der Waals surface area contributed by atoms with Gasteiger partial charge in [0.1, 0.15) is 0 Å². The Morgan fingerprint density at radius 2 is 2.10 bits per heavy atom. The normalized spacial score (nSPS) is 16.7. The number of hydrogen-bond acceptors (Lipinski definition) is 3. The molecule has 0 radical (unpaired) electrons. The van der Waals surface area contributed by atoms with Gasteiger partial charge in [-0.1, -0.05) is 6.07 Å². The van der Waals surface area contributed by atoms with E-state index < -0.39 is 13.0 Å². The second kappa shape index (κ2) is 5.71. The van der Waals surface area contributed by atoms with Gasteiger partial charge in [0.05, 0.1) is 6.54 Å². The van der Waals surface area contributed by atoms with Crippen LogP contribution in [0.1, 0.15) is 18.4 Å². The number of carbonyl (C=O) groups excluding carboxylic acids is 1. The maximum atomic E-state index is 12.5. The van der Waals surface area contributed by atoms with Crippen LogP contribution in [0.25, 0.3) is 6.08 Å². The minimum Gasteiger partial charge on any atom is -0.454 e. The van der Waals surface area contributed by atoms with Crippen molar-refractivity contribution in [3.8, 4) is 11.5 Å². The molecule has 0 atom stereocenters. The minimum atomic E-state index is -2.51. The highest BCUT2D eigenvalue weighted by molar-refractivity contribution is 5.92. The first-order chi connectivity index (χ1) is 10.1. The lowest BCUT2D eigenvalue weighted by molar-refractivity contribution is -0.128. The smallest absolute Gasteiger partial charge is 0.255 e. The molecular weight excluding hydrogens is 280 g/mol. The maximum absolute atomic E-state index is 12.5. The van der Waals surface area contributed by atoms with Crippen LogP contribution in [0.5, 0.6) is 11.5 Å². The average Bonchev–Trinajstić information content (AvgIpc) is 3.19. The summed E-state index contributed by atoms with van der Waals surface area (Å²) < 4.78 is 35.4. The van der Waals surface area contributed by atoms with Crippen molar-refractivity contribution in [1.82, 2.24) is 4.90 Å². The summed E-state index contributed by atoms with van der Waals surface area (Å²) in [5.74, 6) is 0.905. The molecule has 1 heterocycles. The van der Waals surface area contributed by atoms with Crippen molar-refractivity contribution in [2.24, 2.45) is 0 Å². The summed E-state index contributed by atoms with van der Waals surface area (Å²) >= 11 is 0. The molecule has 1 saturated carbocycles. The lowest BCUT2D eigenvalue weighted by atomic mass is 10.2. The molecule has 1 amide bonds. The Hall–Kier alpha value is -2.11. The van der Waals surface area contributed by atoms with Crippen LogP contribution in [0.15, 0.2) is 24.3 Å². The van der Waals surface area contributed by atoms with Crippen molar-refractivity contribution in [3.63, 3.8) is 0 Å². The first-order valence-electron chi connectivity index (χ1n) is 6.80. The van der Waals surface area contributed by atoms with Crippen LogP contribution in [0.4, 0.5) is 8.78 Å². The van der Waals surface area contributed by atoms with Crippen molar-refractivity contribution in [2.75, 3.05) is 13.3 Å². The Labute approximate surface area is 120 Å². The Morgan fingerprint density at radius 3 is 2.81 bits per heavy atom. The van der Waals surface area contributed by atoms with E-state index in [0.29, 0.717) is 11.5 Å². The van der Waals surface area contributed by atoms with E-state index in [2.05, 4.69) is 0 Å². The van der Waals surface area contributed by atoms with Crippen molar-refractivity contribution in [1.29, 1.82) is 0 Å². The van der Waals surface area contributed by atoms with Gasteiger partial charge in [-0.3, -0.25) is 4.79 Å². The monoisotopic (exact) mass is 295 g/mol. The first-order valence-corrected chi connectivity index (χ1v) is 6.80. The average molecular weight is 295 g/mol. The van der Waals surface area contributed by atoms with Crippen molar-refractivity contribution in [3.05, 3.63) is 29.8 Å². The van der Waals surface area contributed by atoms with Gasteiger partial charge in [0.2, 0.25) is 12.7 Å². The van der Waals surface area contributed by atoms with Gasteiger partial charge in [-0.15, -0.1) is 0 Å². The zero-order valence-electron chi connectivity index (χ0n) is 11.3. The molecule has 0 N–H and O–H groups in total. The highest BCUT2D eigenvalue weighted by Crippen LogP contribution is 2.33. The molecule has 1 aromatic carbocycles. The maximum Gasteiger partial charge on any atom is 0.255 e. The number of hydrogen-bond donors (Lipinski definition) is 0. The van der Waals surface area contributed by atoms with Gasteiger partial charge in [-0.25, -0.2) is 8.78 Å². The highest BCUT2D eigenvalue weighted by Gasteiger charge is 2.33. The van der Waals surface area contributed by atoms with Crippen LogP contribution >= 0.6 is 0 Å². The second-order valence-corrected chi connectivity index (χ2v) is 5.06. The van der Waals surface area contributed by atoms with Crippen molar-refractivity contribution in [2.45, 2.75) is 25.3 Å². The number of nitrogens with zero attached hydrogens (tertiary/aromatic N) is 1. The van der Waals surface area contributed by atoms with Gasteiger partial charge in [-0.2, -0.15) is 0 Å². The number of fused-ring (bicyclic) bond motifs is 1. The molecule has 4 nitrogen and oxygen atoms in total. The topological polar surface area (TPSA) is 38.8 Å². The lowest BCUT2D eigenvalue weighted by Crippen LogP contribution is -2.35. The molecule has 3 rings (SSSR count). The van der Waals surface area contributed by atoms with Gasteiger partial charge in [0.25, 0.3) is 6.43 Å². The fourth-order valence-electron chi connectivity index (χ4n) is 2.23. The molecule has 0 aromatic heterocycles. The fourth-order valence-corrected chi connectivity index (χ4v) is 2.23.